The zero-order chi connectivity index (χ0) is 50.4. The first-order valence-electron chi connectivity index (χ1n) is 22.6. The molecule has 22 nitrogen and oxygen atoms in total. The van der Waals surface area contributed by atoms with Crippen LogP contribution in [0.1, 0.15) is 92.6 Å². The number of nitrogens with zero attached hydrogens (tertiary/aromatic N) is 2. The second-order valence-corrected chi connectivity index (χ2v) is 16.3. The Morgan fingerprint density at radius 2 is 0.871 bits per heavy atom. The summed E-state index contributed by atoms with van der Waals surface area (Å²) in [4.78, 5) is 110. The average Bonchev–Trinajstić information content (AvgIpc) is 3.36. The second-order valence-electron chi connectivity index (χ2n) is 16.3. The van der Waals surface area contributed by atoms with Crippen LogP contribution in [0.15, 0.2) is 72.8 Å². The Bertz CT molecular complexity index is 2240. The largest absolute Gasteiger partial charge is 0.490 e. The normalized spacial score (nSPS) is 16.2. The third-order valence-electron chi connectivity index (χ3n) is 10.6. The second kappa shape index (κ2) is 27.1. The minimum absolute atomic E-state index is 0.0146. The van der Waals surface area contributed by atoms with Crippen LogP contribution >= 0.6 is 0 Å². The molecule has 2 aromatic heterocycles. The number of benzene rings is 1. The molecular weight excluding hydrogens is 913 g/mol. The topological polar surface area (TPSA) is 290 Å². The highest BCUT2D eigenvalue weighted by atomic mass is 16.6. The first kappa shape index (κ1) is 52.9. The number of hydrogen-bond acceptors (Lipinski definition) is 16. The predicted octanol–water partition coefficient (Wildman–Crippen LogP) is 3.06. The minimum Gasteiger partial charge on any atom is -0.490 e. The highest BCUT2D eigenvalue weighted by molar-refractivity contribution is 5.98. The number of alkyl carbamates (subject to hydrolysis) is 2. The van der Waals surface area contributed by atoms with E-state index in [0.29, 0.717) is 24.2 Å². The molecule has 6 heterocycles. The summed E-state index contributed by atoms with van der Waals surface area (Å²) in [5, 5.41) is 16.3. The van der Waals surface area contributed by atoms with Crippen molar-refractivity contribution in [3.63, 3.8) is 0 Å². The van der Waals surface area contributed by atoms with E-state index in [1.54, 1.807) is 24.3 Å². The van der Waals surface area contributed by atoms with E-state index in [1.807, 2.05) is 0 Å². The van der Waals surface area contributed by atoms with E-state index in [0.717, 1.165) is 25.7 Å². The number of hydrogen-bond donors (Lipinski definition) is 6. The Hall–Kier alpha value is -8.04. The predicted molar refractivity (Wildman–Crippen MR) is 249 cm³/mol. The average molecular weight is 971 g/mol. The monoisotopic (exact) mass is 970 g/mol. The highest BCUT2D eigenvalue weighted by Gasteiger charge is 2.25. The van der Waals surface area contributed by atoms with E-state index in [1.165, 1.54) is 38.1 Å². The van der Waals surface area contributed by atoms with Gasteiger partial charge in [0.25, 0.3) is 23.6 Å². The van der Waals surface area contributed by atoms with Gasteiger partial charge in [0, 0.05) is 61.6 Å². The number of rotatable bonds is 16. The molecule has 1 fully saturated rings. The van der Waals surface area contributed by atoms with Gasteiger partial charge in [-0.05, 0) is 62.5 Å². The van der Waals surface area contributed by atoms with Gasteiger partial charge in [-0.15, -0.1) is 0 Å². The Morgan fingerprint density at radius 3 is 1.21 bits per heavy atom. The fourth-order valence-corrected chi connectivity index (χ4v) is 6.79. The first-order chi connectivity index (χ1) is 33.6. The zero-order valence-electron chi connectivity index (χ0n) is 39.1. The molecule has 6 N–H and O–H groups in total. The van der Waals surface area contributed by atoms with E-state index >= 15 is 0 Å². The molecule has 0 saturated heterocycles. The van der Waals surface area contributed by atoms with Gasteiger partial charge in [-0.1, -0.05) is 37.4 Å². The van der Waals surface area contributed by atoms with Gasteiger partial charge in [0.1, 0.15) is 73.9 Å². The standard InChI is InChI=1S/C48H58N8O14/c1-29(2)45(61)67-15-13-49-47(63)69-19-17-65-35-21-37-41(57)51-25-31-5-9-33(10-6-31)27-53-43(59)39-23-36(66-18-20-70-48(64)50-14-16-68-46(62)30(3)4)24-40(56-39)44(60)54-28-34-11-7-32(8-12-34)26-52-42(58)38(22-35)55-37/h5-6,9-10,21-24,32,34H,1,3,7-8,11-20,25-28H2,2,4H3,(H,49,63)(H,50,64)(H,51,57)(H,52,58)(H,53,59)(H,54,60). The number of carbonyl (C=O) groups is 8. The molecule has 5 aliphatic rings. The zero-order valence-corrected chi connectivity index (χ0v) is 39.1. The van der Waals surface area contributed by atoms with Crippen LogP contribution in [0.4, 0.5) is 9.59 Å². The van der Waals surface area contributed by atoms with Crippen molar-refractivity contribution in [1.82, 2.24) is 41.9 Å². The van der Waals surface area contributed by atoms with E-state index in [9.17, 15) is 38.4 Å². The number of esters is 2. The molecule has 8 rings (SSSR count). The lowest BCUT2D eigenvalue weighted by atomic mass is 9.82. The van der Waals surface area contributed by atoms with Crippen LogP contribution in [0.2, 0.25) is 0 Å². The van der Waals surface area contributed by atoms with E-state index in [-0.39, 0.29) is 123 Å². The van der Waals surface area contributed by atoms with E-state index in [4.69, 9.17) is 28.4 Å². The third-order valence-corrected chi connectivity index (χ3v) is 10.6. The van der Waals surface area contributed by atoms with Gasteiger partial charge in [-0.25, -0.2) is 29.1 Å². The van der Waals surface area contributed by atoms with Gasteiger partial charge in [-0.2, -0.15) is 0 Å². The SMILES string of the molecule is C=C(C)C(=O)OCCNC(=O)OCCOc1cc2nc(c1)C(=O)NCC1CCC(CC1)CNC(=O)c1cc(OCCOC(=O)NCCOC(=O)C(=C)C)cc(n1)C(=O)NCc1ccc(cc1)CNC2=O. The van der Waals surface area contributed by atoms with Crippen LogP contribution in [-0.2, 0) is 41.6 Å². The summed E-state index contributed by atoms with van der Waals surface area (Å²) in [6.07, 6.45) is 1.49. The van der Waals surface area contributed by atoms with Gasteiger partial charge < -0.3 is 60.3 Å². The van der Waals surface area contributed by atoms with Gasteiger partial charge in [-0.3, -0.25) is 19.2 Å². The highest BCUT2D eigenvalue weighted by Crippen LogP contribution is 2.28. The van der Waals surface area contributed by atoms with Crippen LogP contribution in [0.25, 0.3) is 0 Å². The van der Waals surface area contributed by atoms with Crippen molar-refractivity contribution < 1.29 is 66.8 Å². The van der Waals surface area contributed by atoms with Crippen LogP contribution in [-0.4, -0.2) is 124 Å². The van der Waals surface area contributed by atoms with Gasteiger partial charge in [0.15, 0.2) is 0 Å². The number of carbonyl (C=O) groups excluding carboxylic acids is 8. The maximum atomic E-state index is 13.5. The van der Waals surface area contributed by atoms with E-state index in [2.05, 4.69) is 55.0 Å². The lowest BCUT2D eigenvalue weighted by Crippen LogP contribution is -2.35. The summed E-state index contributed by atoms with van der Waals surface area (Å²) < 4.78 is 31.6. The number of amides is 6. The minimum atomic E-state index is -0.769. The van der Waals surface area contributed by atoms with Crippen LogP contribution in [0.3, 0.4) is 0 Å². The molecule has 0 spiro atoms. The van der Waals surface area contributed by atoms with Crippen molar-refractivity contribution in [3.05, 3.63) is 107 Å². The first-order valence-corrected chi connectivity index (χ1v) is 22.6. The molecule has 8 bridgehead atoms. The Morgan fingerprint density at radius 1 is 0.529 bits per heavy atom. The maximum Gasteiger partial charge on any atom is 0.407 e. The number of ether oxygens (including phenoxy) is 6. The van der Waals surface area contributed by atoms with Gasteiger partial charge in [0.2, 0.25) is 0 Å². The number of nitrogens with one attached hydrogen (secondary N) is 6. The third kappa shape index (κ3) is 17.9. The van der Waals surface area contributed by atoms with Crippen LogP contribution in [0, 0.1) is 11.8 Å². The van der Waals surface area contributed by atoms with Crippen LogP contribution in [0.5, 0.6) is 11.5 Å². The van der Waals surface area contributed by atoms with Crippen molar-refractivity contribution in [3.8, 4) is 11.5 Å². The molecule has 0 unspecified atom stereocenters. The molecule has 70 heavy (non-hydrogen) atoms. The summed E-state index contributed by atoms with van der Waals surface area (Å²) in [5.41, 5.74) is 1.58. The van der Waals surface area contributed by atoms with Gasteiger partial charge >= 0.3 is 24.1 Å². The number of aromatic nitrogens is 2. The van der Waals surface area contributed by atoms with Crippen molar-refractivity contribution in [1.29, 1.82) is 0 Å². The van der Waals surface area contributed by atoms with Crippen molar-refractivity contribution in [2.75, 3.05) is 65.8 Å². The van der Waals surface area contributed by atoms with Crippen LogP contribution < -0.4 is 41.4 Å². The molecule has 4 aliphatic heterocycles. The van der Waals surface area contributed by atoms with Crippen molar-refractivity contribution in [2.45, 2.75) is 52.6 Å². The molecule has 3 aromatic rings. The van der Waals surface area contributed by atoms with Gasteiger partial charge in [0.05, 0.1) is 13.1 Å². The number of pyridine rings is 2. The molecule has 22 heteroatoms. The molecule has 6 amide bonds. The maximum absolute atomic E-state index is 13.5. The van der Waals surface area contributed by atoms with Crippen molar-refractivity contribution >= 4 is 47.8 Å². The lowest BCUT2D eigenvalue weighted by Gasteiger charge is -2.28. The molecule has 1 aromatic carbocycles. The molecule has 0 radical (unpaired) electrons. The molecule has 0 atom stereocenters. The van der Waals surface area contributed by atoms with Crippen molar-refractivity contribution in [2.24, 2.45) is 11.8 Å². The molecule has 1 saturated carbocycles. The summed E-state index contributed by atoms with van der Waals surface area (Å²) in [6, 6.07) is 12.5. The Kier molecular flexibility index (Phi) is 20.5. The fraction of sp³-hybridized carbons (Fsp3) is 0.417. The summed E-state index contributed by atoms with van der Waals surface area (Å²) in [6.45, 7) is 10.1. The summed E-state index contributed by atoms with van der Waals surface area (Å²) in [7, 11) is 0. The Balaban J connectivity index is 1.22. The van der Waals surface area contributed by atoms with E-state index < -0.39 is 47.8 Å². The summed E-state index contributed by atoms with van der Waals surface area (Å²) in [5.74, 6) is -2.84. The molecule has 374 valence electrons. The smallest absolute Gasteiger partial charge is 0.407 e. The quantitative estimate of drug-likeness (QED) is 0.0521. The lowest BCUT2D eigenvalue weighted by molar-refractivity contribution is -0.139. The Labute approximate surface area is 404 Å². The molecular formula is C48H58N8O14. The molecule has 1 aliphatic carbocycles. The fourth-order valence-electron chi connectivity index (χ4n) is 6.79. The summed E-state index contributed by atoms with van der Waals surface area (Å²) >= 11 is 0.